The van der Waals surface area contributed by atoms with Crippen molar-refractivity contribution in [2.45, 2.75) is 58.3 Å². The third kappa shape index (κ3) is 2.29. The minimum absolute atomic E-state index is 0.394. The molecule has 1 aromatic rings. The molecule has 0 amide bonds. The summed E-state index contributed by atoms with van der Waals surface area (Å²) in [4.78, 5) is 9.75. The maximum absolute atomic E-state index is 5.73. The quantitative estimate of drug-likeness (QED) is 0.817. The van der Waals surface area contributed by atoms with Crippen LogP contribution in [0.4, 0.5) is 0 Å². The molecule has 19 heavy (non-hydrogen) atoms. The van der Waals surface area contributed by atoms with Gasteiger partial charge in [-0.15, -0.1) is 0 Å². The summed E-state index contributed by atoms with van der Waals surface area (Å²) in [6, 6.07) is 0. The Hall–Kier alpha value is -0.960. The minimum Gasteiger partial charge on any atom is -0.380 e. The molecule has 2 atom stereocenters. The average Bonchev–Trinajstić information content (AvgIpc) is 2.37. The fourth-order valence-electron chi connectivity index (χ4n) is 3.36. The van der Waals surface area contributed by atoms with Gasteiger partial charge in [0.15, 0.2) is 0 Å². The number of hydrogen-bond acceptors (Lipinski definition) is 3. The molecule has 0 N–H and O–H groups in total. The zero-order chi connectivity index (χ0) is 13.6. The Balaban J connectivity index is 2.13. The van der Waals surface area contributed by atoms with Gasteiger partial charge < -0.3 is 4.74 Å². The highest BCUT2D eigenvalue weighted by Gasteiger charge is 2.35. The molecule has 1 aliphatic carbocycles. The van der Waals surface area contributed by atoms with E-state index in [0.29, 0.717) is 23.7 Å². The number of aromatic nitrogens is 2. The molecular weight excluding hydrogens is 236 g/mol. The molecule has 0 aromatic carbocycles. The zero-order valence-corrected chi connectivity index (χ0v) is 12.4. The Morgan fingerprint density at radius 1 is 1.05 bits per heavy atom. The number of ether oxygens (including phenoxy) is 1. The van der Waals surface area contributed by atoms with Crippen LogP contribution in [0.1, 0.15) is 74.6 Å². The second-order valence-electron chi connectivity index (χ2n) is 6.68. The van der Waals surface area contributed by atoms with Crippen LogP contribution in [0.3, 0.4) is 0 Å². The molecule has 2 heterocycles. The largest absolute Gasteiger partial charge is 0.380 e. The van der Waals surface area contributed by atoms with Gasteiger partial charge in [-0.1, -0.05) is 27.7 Å². The van der Waals surface area contributed by atoms with Gasteiger partial charge in [-0.05, 0) is 30.2 Å². The van der Waals surface area contributed by atoms with Crippen molar-refractivity contribution in [2.75, 3.05) is 13.2 Å². The van der Waals surface area contributed by atoms with E-state index in [1.54, 1.807) is 0 Å². The lowest BCUT2D eigenvalue weighted by Crippen LogP contribution is -2.33. The Labute approximate surface area is 115 Å². The van der Waals surface area contributed by atoms with E-state index in [4.69, 9.17) is 14.7 Å². The molecule has 1 aromatic heterocycles. The summed E-state index contributed by atoms with van der Waals surface area (Å²) in [5.74, 6) is 3.06. The van der Waals surface area contributed by atoms with Gasteiger partial charge >= 0.3 is 0 Å². The number of rotatable bonds is 2. The molecule has 1 aliphatic heterocycles. The van der Waals surface area contributed by atoms with Crippen LogP contribution in [0, 0.1) is 5.92 Å². The number of nitrogens with zero attached hydrogens (tertiary/aromatic N) is 2. The molecule has 104 valence electrons. The minimum atomic E-state index is 0.394. The first kappa shape index (κ1) is 13.0. The lowest BCUT2D eigenvalue weighted by Gasteiger charge is -2.36. The van der Waals surface area contributed by atoms with Gasteiger partial charge in [0.2, 0.25) is 0 Å². The van der Waals surface area contributed by atoms with E-state index in [1.807, 2.05) is 0 Å². The molecule has 1 saturated heterocycles. The van der Waals surface area contributed by atoms with Crippen molar-refractivity contribution in [2.24, 2.45) is 5.92 Å². The van der Waals surface area contributed by atoms with E-state index in [1.165, 1.54) is 23.4 Å². The second-order valence-corrected chi connectivity index (χ2v) is 6.68. The molecular formula is C16H24N2O. The molecule has 1 fully saturated rings. The maximum atomic E-state index is 5.73. The summed E-state index contributed by atoms with van der Waals surface area (Å²) in [7, 11) is 0. The predicted octanol–water partition coefficient (Wildman–Crippen LogP) is 3.40. The van der Waals surface area contributed by atoms with Crippen LogP contribution in [-0.4, -0.2) is 23.2 Å². The Bertz CT molecular complexity index is 482. The molecule has 0 radical (unpaired) electrons. The average molecular weight is 260 g/mol. The van der Waals surface area contributed by atoms with E-state index in [-0.39, 0.29) is 0 Å². The highest BCUT2D eigenvalue weighted by Crippen LogP contribution is 2.40. The molecule has 2 aliphatic rings. The number of hydrogen-bond donors (Lipinski definition) is 0. The highest BCUT2D eigenvalue weighted by atomic mass is 16.5. The van der Waals surface area contributed by atoms with Crippen LogP contribution in [0.25, 0.3) is 0 Å². The smallest absolute Gasteiger partial charge is 0.131 e. The van der Waals surface area contributed by atoms with Crippen molar-refractivity contribution in [3.63, 3.8) is 0 Å². The summed E-state index contributed by atoms with van der Waals surface area (Å²) in [5.41, 5.74) is 4.01. The van der Waals surface area contributed by atoms with Gasteiger partial charge in [-0.2, -0.15) is 0 Å². The first-order valence-electron chi connectivity index (χ1n) is 7.54. The first-order chi connectivity index (χ1) is 9.06. The first-order valence-corrected chi connectivity index (χ1v) is 7.54. The molecule has 0 saturated carbocycles. The third-order valence-corrected chi connectivity index (χ3v) is 4.32. The lowest BCUT2D eigenvalue weighted by atomic mass is 9.77. The van der Waals surface area contributed by atoms with Gasteiger partial charge in [0.05, 0.1) is 18.0 Å². The van der Waals surface area contributed by atoms with Gasteiger partial charge in [-0.3, -0.25) is 0 Å². The monoisotopic (exact) mass is 260 g/mol. The molecule has 3 rings (SSSR count). The van der Waals surface area contributed by atoms with Crippen molar-refractivity contribution < 1.29 is 4.74 Å². The summed E-state index contributed by atoms with van der Waals surface area (Å²) >= 11 is 0. The van der Waals surface area contributed by atoms with Crippen LogP contribution in [-0.2, 0) is 11.2 Å². The molecule has 3 nitrogen and oxygen atoms in total. The van der Waals surface area contributed by atoms with Crippen LogP contribution in [0.15, 0.2) is 0 Å². The fraction of sp³-hybridized carbons (Fsp3) is 0.750. The van der Waals surface area contributed by atoms with Crippen molar-refractivity contribution in [1.82, 2.24) is 9.97 Å². The second kappa shape index (κ2) is 4.86. The maximum Gasteiger partial charge on any atom is 0.131 e. The lowest BCUT2D eigenvalue weighted by molar-refractivity contribution is 0.0308. The van der Waals surface area contributed by atoms with Crippen LogP contribution >= 0.6 is 0 Å². The van der Waals surface area contributed by atoms with E-state index in [2.05, 4.69) is 27.7 Å². The van der Waals surface area contributed by atoms with Crippen molar-refractivity contribution in [3.05, 3.63) is 22.8 Å². The number of fused-ring (bicyclic) bond motifs is 4. The van der Waals surface area contributed by atoms with E-state index in [9.17, 15) is 0 Å². The van der Waals surface area contributed by atoms with Gasteiger partial charge in [0.25, 0.3) is 0 Å². The fourth-order valence-corrected chi connectivity index (χ4v) is 3.36. The zero-order valence-electron chi connectivity index (χ0n) is 12.4. The summed E-state index contributed by atoms with van der Waals surface area (Å²) < 4.78 is 5.73. The standard InChI is InChI=1S/C16H24N2O/c1-9(2)14-13-6-11-5-12(8-19-7-11)15(13)18-16(17-14)10(3)4/h9-12H,5-8H2,1-4H3. The van der Waals surface area contributed by atoms with Crippen LogP contribution in [0.5, 0.6) is 0 Å². The topological polar surface area (TPSA) is 35.0 Å². The summed E-state index contributed by atoms with van der Waals surface area (Å²) in [6.45, 7) is 10.6. The summed E-state index contributed by atoms with van der Waals surface area (Å²) in [5, 5.41) is 0. The van der Waals surface area contributed by atoms with Crippen molar-refractivity contribution in [3.8, 4) is 0 Å². The molecule has 0 spiro atoms. The van der Waals surface area contributed by atoms with Crippen LogP contribution in [0.2, 0.25) is 0 Å². The van der Waals surface area contributed by atoms with Crippen molar-refractivity contribution in [1.29, 1.82) is 0 Å². The highest BCUT2D eigenvalue weighted by molar-refractivity contribution is 5.34. The molecule has 2 unspecified atom stereocenters. The van der Waals surface area contributed by atoms with E-state index >= 15 is 0 Å². The summed E-state index contributed by atoms with van der Waals surface area (Å²) in [6.07, 6.45) is 2.36. The van der Waals surface area contributed by atoms with Gasteiger partial charge in [-0.25, -0.2) is 9.97 Å². The van der Waals surface area contributed by atoms with Gasteiger partial charge in [0.1, 0.15) is 5.82 Å². The predicted molar refractivity (Wildman–Crippen MR) is 75.6 cm³/mol. The van der Waals surface area contributed by atoms with E-state index in [0.717, 1.165) is 25.5 Å². The molecule has 3 heteroatoms. The molecule has 2 bridgehead atoms. The van der Waals surface area contributed by atoms with Crippen molar-refractivity contribution >= 4 is 0 Å². The Morgan fingerprint density at radius 2 is 1.84 bits per heavy atom. The van der Waals surface area contributed by atoms with E-state index < -0.39 is 0 Å². The normalized spacial score (nSPS) is 25.8. The Kier molecular flexibility index (Phi) is 3.34. The van der Waals surface area contributed by atoms with Crippen LogP contribution < -0.4 is 0 Å². The SMILES string of the molecule is CC(C)c1nc(C(C)C)c2c(n1)C1COCC(C2)C1. The third-order valence-electron chi connectivity index (χ3n) is 4.32. The Morgan fingerprint density at radius 3 is 2.53 bits per heavy atom. The van der Waals surface area contributed by atoms with Gasteiger partial charge in [0, 0.05) is 18.4 Å².